The third-order valence-corrected chi connectivity index (χ3v) is 6.14. The molecule has 3 rings (SSSR count). The maximum atomic E-state index is 13.3. The van der Waals surface area contributed by atoms with Gasteiger partial charge in [0, 0.05) is 26.1 Å². The van der Waals surface area contributed by atoms with Gasteiger partial charge in [-0.3, -0.25) is 19.3 Å². The smallest absolute Gasteiger partial charge is 0.306 e. The molecule has 1 aromatic rings. The standard InChI is InChI=1S/C19H19FN2O4S2/c20-14-3-1-2-12(10-14)11-15-17(24)22(19(27)28-15)9-6-16(23)21-7-4-13(5-8-21)18(25)26/h1-3,10-11,13H,4-9H2,(H,25,26). The van der Waals surface area contributed by atoms with Crippen molar-refractivity contribution in [3.8, 4) is 0 Å². The number of rotatable bonds is 5. The van der Waals surface area contributed by atoms with Crippen LogP contribution in [-0.4, -0.2) is 56.6 Å². The third kappa shape index (κ3) is 4.77. The lowest BCUT2D eigenvalue weighted by Crippen LogP contribution is -2.41. The van der Waals surface area contributed by atoms with Gasteiger partial charge in [0.2, 0.25) is 5.91 Å². The Morgan fingerprint density at radius 1 is 1.32 bits per heavy atom. The van der Waals surface area contributed by atoms with Gasteiger partial charge in [-0.25, -0.2) is 4.39 Å². The summed E-state index contributed by atoms with van der Waals surface area (Å²) in [4.78, 5) is 39.4. The van der Waals surface area contributed by atoms with Crippen LogP contribution in [0.1, 0.15) is 24.8 Å². The van der Waals surface area contributed by atoms with Crippen molar-refractivity contribution in [3.63, 3.8) is 0 Å². The second kappa shape index (κ2) is 8.83. The van der Waals surface area contributed by atoms with E-state index in [4.69, 9.17) is 17.3 Å². The first-order chi connectivity index (χ1) is 13.3. The van der Waals surface area contributed by atoms with Crippen molar-refractivity contribution in [1.82, 2.24) is 9.80 Å². The Hall–Kier alpha value is -2.26. The minimum absolute atomic E-state index is 0.119. The summed E-state index contributed by atoms with van der Waals surface area (Å²) in [6, 6.07) is 5.91. The SMILES string of the molecule is O=C(O)C1CCN(C(=O)CCN2C(=O)C(=Cc3cccc(F)c3)SC2=S)CC1. The molecule has 2 aliphatic heterocycles. The van der Waals surface area contributed by atoms with Gasteiger partial charge in [0.25, 0.3) is 5.91 Å². The Morgan fingerprint density at radius 3 is 2.68 bits per heavy atom. The van der Waals surface area contributed by atoms with Crippen molar-refractivity contribution >= 4 is 52.2 Å². The maximum Gasteiger partial charge on any atom is 0.306 e. The predicted molar refractivity (Wildman–Crippen MR) is 108 cm³/mol. The second-order valence-electron chi connectivity index (χ2n) is 6.63. The third-order valence-electron chi connectivity index (χ3n) is 4.77. The summed E-state index contributed by atoms with van der Waals surface area (Å²) in [5, 5.41) is 9.02. The Morgan fingerprint density at radius 2 is 2.04 bits per heavy atom. The summed E-state index contributed by atoms with van der Waals surface area (Å²) in [6.45, 7) is 0.990. The summed E-state index contributed by atoms with van der Waals surface area (Å²) in [5.74, 6) is -2.02. The molecule has 1 N–H and O–H groups in total. The molecule has 2 heterocycles. The molecule has 6 nitrogen and oxygen atoms in total. The van der Waals surface area contributed by atoms with Crippen LogP contribution < -0.4 is 0 Å². The molecule has 9 heteroatoms. The molecule has 148 valence electrons. The maximum absolute atomic E-state index is 13.3. The number of likely N-dealkylation sites (tertiary alicyclic amines) is 1. The molecule has 1 aromatic carbocycles. The molecule has 2 aliphatic rings. The van der Waals surface area contributed by atoms with E-state index < -0.39 is 11.9 Å². The highest BCUT2D eigenvalue weighted by Crippen LogP contribution is 2.32. The molecule has 0 saturated carbocycles. The average Bonchev–Trinajstić information content (AvgIpc) is 2.93. The van der Waals surface area contributed by atoms with Gasteiger partial charge in [-0.1, -0.05) is 36.1 Å². The van der Waals surface area contributed by atoms with Gasteiger partial charge in [-0.15, -0.1) is 0 Å². The highest BCUT2D eigenvalue weighted by molar-refractivity contribution is 8.26. The number of carboxylic acid groups (broad SMARTS) is 1. The number of thiocarbonyl (C=S) groups is 1. The predicted octanol–water partition coefficient (Wildman–Crippen LogP) is 2.74. The molecule has 28 heavy (non-hydrogen) atoms. The monoisotopic (exact) mass is 422 g/mol. The fourth-order valence-corrected chi connectivity index (χ4v) is 4.49. The first-order valence-electron chi connectivity index (χ1n) is 8.86. The average molecular weight is 423 g/mol. The van der Waals surface area contributed by atoms with E-state index in [9.17, 15) is 18.8 Å². The molecule has 0 spiro atoms. The number of carboxylic acids is 1. The lowest BCUT2D eigenvalue weighted by atomic mass is 9.97. The van der Waals surface area contributed by atoms with E-state index in [1.807, 2.05) is 0 Å². The number of piperidine rings is 1. The fraction of sp³-hybridized carbons (Fsp3) is 0.368. The van der Waals surface area contributed by atoms with Crippen molar-refractivity contribution in [3.05, 3.63) is 40.6 Å². The van der Waals surface area contributed by atoms with E-state index >= 15 is 0 Å². The summed E-state index contributed by atoms with van der Waals surface area (Å²) in [6.07, 6.45) is 2.59. The van der Waals surface area contributed by atoms with Gasteiger partial charge in [0.1, 0.15) is 10.1 Å². The number of thioether (sulfide) groups is 1. The Balaban J connectivity index is 1.56. The van der Waals surface area contributed by atoms with E-state index in [0.717, 1.165) is 11.8 Å². The van der Waals surface area contributed by atoms with Crippen LogP contribution in [0, 0.1) is 11.7 Å². The van der Waals surface area contributed by atoms with E-state index in [1.54, 1.807) is 23.1 Å². The van der Waals surface area contributed by atoms with Crippen molar-refractivity contribution in [1.29, 1.82) is 0 Å². The highest BCUT2D eigenvalue weighted by Gasteiger charge is 2.33. The Labute approximate surface area is 171 Å². The topological polar surface area (TPSA) is 77.9 Å². The minimum Gasteiger partial charge on any atom is -0.481 e. The van der Waals surface area contributed by atoms with Gasteiger partial charge >= 0.3 is 5.97 Å². The van der Waals surface area contributed by atoms with Gasteiger partial charge < -0.3 is 10.0 Å². The number of hydrogen-bond donors (Lipinski definition) is 1. The number of carbonyl (C=O) groups excluding carboxylic acids is 2. The molecule has 0 bridgehead atoms. The summed E-state index contributed by atoms with van der Waals surface area (Å²) in [7, 11) is 0. The van der Waals surface area contributed by atoms with Gasteiger partial charge in [-0.05, 0) is 36.6 Å². The molecule has 0 radical (unpaired) electrons. The van der Waals surface area contributed by atoms with Crippen molar-refractivity contribution in [2.24, 2.45) is 5.92 Å². The van der Waals surface area contributed by atoms with E-state index in [-0.39, 0.29) is 30.6 Å². The normalized spacial score (nSPS) is 19.5. The van der Waals surface area contributed by atoms with Crippen LogP contribution >= 0.6 is 24.0 Å². The zero-order valence-corrected chi connectivity index (χ0v) is 16.6. The highest BCUT2D eigenvalue weighted by atomic mass is 32.2. The van der Waals surface area contributed by atoms with Crippen LogP contribution in [0.5, 0.6) is 0 Å². The van der Waals surface area contributed by atoms with Gasteiger partial charge in [0.05, 0.1) is 10.8 Å². The van der Waals surface area contributed by atoms with E-state index in [2.05, 4.69) is 0 Å². The van der Waals surface area contributed by atoms with E-state index in [1.165, 1.54) is 17.0 Å². The Bertz CT molecular complexity index is 850. The number of carbonyl (C=O) groups is 3. The fourth-order valence-electron chi connectivity index (χ4n) is 3.18. The first kappa shape index (κ1) is 20.5. The number of benzene rings is 1. The zero-order valence-electron chi connectivity index (χ0n) is 15.0. The molecule has 2 fully saturated rings. The van der Waals surface area contributed by atoms with Gasteiger partial charge in [-0.2, -0.15) is 0 Å². The van der Waals surface area contributed by atoms with Crippen LogP contribution in [0.25, 0.3) is 6.08 Å². The molecule has 0 atom stereocenters. The quantitative estimate of drug-likeness (QED) is 0.581. The molecule has 0 aromatic heterocycles. The summed E-state index contributed by atoms with van der Waals surface area (Å²) < 4.78 is 13.7. The summed E-state index contributed by atoms with van der Waals surface area (Å²) >= 11 is 6.38. The number of nitrogens with zero attached hydrogens (tertiary/aromatic N) is 2. The van der Waals surface area contributed by atoms with Crippen LogP contribution in [0.15, 0.2) is 29.2 Å². The molecule has 2 saturated heterocycles. The number of amides is 2. The first-order valence-corrected chi connectivity index (χ1v) is 10.1. The second-order valence-corrected chi connectivity index (χ2v) is 8.31. The number of halogens is 1. The van der Waals surface area contributed by atoms with Crippen molar-refractivity contribution < 1.29 is 23.9 Å². The van der Waals surface area contributed by atoms with Crippen molar-refractivity contribution in [2.45, 2.75) is 19.3 Å². The molecular weight excluding hydrogens is 403 g/mol. The van der Waals surface area contributed by atoms with Crippen LogP contribution in [0.2, 0.25) is 0 Å². The number of hydrogen-bond acceptors (Lipinski definition) is 5. The molecule has 2 amide bonds. The Kier molecular flexibility index (Phi) is 6.46. The minimum atomic E-state index is -0.824. The number of aliphatic carboxylic acids is 1. The summed E-state index contributed by atoms with van der Waals surface area (Å²) in [5.41, 5.74) is 0.567. The van der Waals surface area contributed by atoms with Crippen LogP contribution in [0.3, 0.4) is 0 Å². The lowest BCUT2D eigenvalue weighted by molar-refractivity contribution is -0.145. The largest absolute Gasteiger partial charge is 0.481 e. The van der Waals surface area contributed by atoms with Crippen LogP contribution in [0.4, 0.5) is 4.39 Å². The molecule has 0 unspecified atom stereocenters. The molecule has 0 aliphatic carbocycles. The molecular formula is C19H19FN2O4S2. The zero-order chi connectivity index (χ0) is 20.3. The van der Waals surface area contributed by atoms with Crippen molar-refractivity contribution in [2.75, 3.05) is 19.6 Å². The van der Waals surface area contributed by atoms with E-state index in [0.29, 0.717) is 40.7 Å². The lowest BCUT2D eigenvalue weighted by Gasteiger charge is -2.30. The van der Waals surface area contributed by atoms with Crippen LogP contribution in [-0.2, 0) is 14.4 Å². The van der Waals surface area contributed by atoms with Gasteiger partial charge in [0.15, 0.2) is 0 Å².